The van der Waals surface area contributed by atoms with E-state index >= 15 is 0 Å². The van der Waals surface area contributed by atoms with Gasteiger partial charge in [-0.2, -0.15) is 5.10 Å². The summed E-state index contributed by atoms with van der Waals surface area (Å²) in [6, 6.07) is 9.81. The lowest BCUT2D eigenvalue weighted by atomic mass is 10.3. The predicted octanol–water partition coefficient (Wildman–Crippen LogP) is 3.24. The number of aromatic nitrogens is 2. The summed E-state index contributed by atoms with van der Waals surface area (Å²) in [7, 11) is 3.72. The average molecular weight is 355 g/mol. The molecule has 0 aliphatic carbocycles. The van der Waals surface area contributed by atoms with Gasteiger partial charge in [-0.1, -0.05) is 6.08 Å². The largest absolute Gasteiger partial charge is 0.497 e. The fourth-order valence-corrected chi connectivity index (χ4v) is 2.53. The van der Waals surface area contributed by atoms with Gasteiger partial charge < -0.3 is 15.0 Å². The van der Waals surface area contributed by atoms with Crippen molar-refractivity contribution < 1.29 is 4.74 Å². The smallest absolute Gasteiger partial charge is 0.194 e. The van der Waals surface area contributed by atoms with Gasteiger partial charge in [0.15, 0.2) is 5.96 Å². The summed E-state index contributed by atoms with van der Waals surface area (Å²) in [5.41, 5.74) is 1.92. The summed E-state index contributed by atoms with van der Waals surface area (Å²) in [6.07, 6.45) is 5.98. The lowest BCUT2D eigenvalue weighted by Gasteiger charge is -2.21. The van der Waals surface area contributed by atoms with Crippen LogP contribution in [0, 0.1) is 0 Å². The van der Waals surface area contributed by atoms with Crippen molar-refractivity contribution in [1.82, 2.24) is 20.0 Å². The maximum Gasteiger partial charge on any atom is 0.194 e. The molecule has 0 unspecified atom stereocenters. The highest BCUT2D eigenvalue weighted by Gasteiger charge is 2.06. The van der Waals surface area contributed by atoms with Crippen molar-refractivity contribution in [3.8, 4) is 11.4 Å². The second-order valence-electron chi connectivity index (χ2n) is 5.97. The SMILES string of the molecule is C=CCCCN(C)C(=NCc1ccn(-c2ccc(OC)cc2)n1)NCC. The van der Waals surface area contributed by atoms with Crippen LogP contribution in [0.15, 0.2) is 54.2 Å². The van der Waals surface area contributed by atoms with Crippen LogP contribution < -0.4 is 10.1 Å². The zero-order valence-electron chi connectivity index (χ0n) is 16.0. The topological polar surface area (TPSA) is 54.7 Å². The van der Waals surface area contributed by atoms with Crippen molar-refractivity contribution >= 4 is 5.96 Å². The summed E-state index contributed by atoms with van der Waals surface area (Å²) >= 11 is 0. The number of ether oxygens (including phenoxy) is 1. The molecule has 0 saturated heterocycles. The highest BCUT2D eigenvalue weighted by Crippen LogP contribution is 2.14. The minimum absolute atomic E-state index is 0.539. The number of benzene rings is 1. The van der Waals surface area contributed by atoms with Crippen LogP contribution in [-0.2, 0) is 6.54 Å². The Balaban J connectivity index is 2.02. The molecule has 0 atom stereocenters. The van der Waals surface area contributed by atoms with Gasteiger partial charge in [-0.15, -0.1) is 6.58 Å². The molecular formula is C20H29N5O. The molecule has 0 saturated carbocycles. The van der Waals surface area contributed by atoms with Gasteiger partial charge in [-0.25, -0.2) is 9.67 Å². The van der Waals surface area contributed by atoms with Crippen LogP contribution in [0.1, 0.15) is 25.5 Å². The molecule has 1 aromatic heterocycles. The first kappa shape index (κ1) is 19.6. The molecule has 0 amide bonds. The van der Waals surface area contributed by atoms with E-state index in [0.29, 0.717) is 6.54 Å². The maximum atomic E-state index is 5.19. The van der Waals surface area contributed by atoms with Crippen molar-refractivity contribution in [3.63, 3.8) is 0 Å². The first-order valence-electron chi connectivity index (χ1n) is 8.97. The van der Waals surface area contributed by atoms with Crippen LogP contribution in [0.25, 0.3) is 5.69 Å². The third-order valence-corrected chi connectivity index (χ3v) is 3.97. The van der Waals surface area contributed by atoms with Crippen LogP contribution in [0.2, 0.25) is 0 Å². The van der Waals surface area contributed by atoms with Gasteiger partial charge in [0, 0.05) is 26.3 Å². The van der Waals surface area contributed by atoms with Gasteiger partial charge in [0.25, 0.3) is 0 Å². The third-order valence-electron chi connectivity index (χ3n) is 3.97. The molecule has 140 valence electrons. The minimum atomic E-state index is 0.539. The average Bonchev–Trinajstić information content (AvgIpc) is 3.14. The molecule has 1 aromatic carbocycles. The van der Waals surface area contributed by atoms with E-state index in [2.05, 4.69) is 35.9 Å². The van der Waals surface area contributed by atoms with Crippen molar-refractivity contribution in [2.45, 2.75) is 26.3 Å². The Morgan fingerprint density at radius 3 is 2.77 bits per heavy atom. The lowest BCUT2D eigenvalue weighted by molar-refractivity contribution is 0.414. The Labute approximate surface area is 156 Å². The summed E-state index contributed by atoms with van der Waals surface area (Å²) in [6.45, 7) is 8.16. The van der Waals surface area contributed by atoms with Crippen LogP contribution in [0.4, 0.5) is 0 Å². The van der Waals surface area contributed by atoms with Crippen molar-refractivity contribution in [2.75, 3.05) is 27.2 Å². The summed E-state index contributed by atoms with van der Waals surface area (Å²) in [5.74, 6) is 1.73. The maximum absolute atomic E-state index is 5.19. The molecule has 0 aliphatic heterocycles. The number of hydrogen-bond acceptors (Lipinski definition) is 3. The Hall–Kier alpha value is -2.76. The Bertz CT molecular complexity index is 705. The van der Waals surface area contributed by atoms with Gasteiger partial charge in [0.1, 0.15) is 5.75 Å². The number of nitrogens with zero attached hydrogens (tertiary/aromatic N) is 4. The van der Waals surface area contributed by atoms with E-state index in [-0.39, 0.29) is 0 Å². The highest BCUT2D eigenvalue weighted by molar-refractivity contribution is 5.79. The van der Waals surface area contributed by atoms with E-state index in [0.717, 1.165) is 49.0 Å². The van der Waals surface area contributed by atoms with Gasteiger partial charge in [0.2, 0.25) is 0 Å². The summed E-state index contributed by atoms with van der Waals surface area (Å²) < 4.78 is 7.04. The van der Waals surface area contributed by atoms with E-state index in [9.17, 15) is 0 Å². The second kappa shape index (κ2) is 10.3. The van der Waals surface area contributed by atoms with Crippen LogP contribution >= 0.6 is 0 Å². The van der Waals surface area contributed by atoms with Gasteiger partial charge in [0.05, 0.1) is 25.0 Å². The number of unbranched alkanes of at least 4 members (excludes halogenated alkanes) is 1. The number of allylic oxidation sites excluding steroid dienone is 1. The highest BCUT2D eigenvalue weighted by atomic mass is 16.5. The van der Waals surface area contributed by atoms with E-state index in [1.54, 1.807) is 7.11 Å². The second-order valence-corrected chi connectivity index (χ2v) is 5.97. The zero-order chi connectivity index (χ0) is 18.8. The van der Waals surface area contributed by atoms with E-state index in [1.165, 1.54) is 0 Å². The monoisotopic (exact) mass is 355 g/mol. The number of methoxy groups -OCH3 is 1. The van der Waals surface area contributed by atoms with Gasteiger partial charge in [-0.05, 0) is 50.1 Å². The molecule has 1 N–H and O–H groups in total. The molecule has 6 heteroatoms. The summed E-state index contributed by atoms with van der Waals surface area (Å²) in [4.78, 5) is 6.85. The van der Waals surface area contributed by atoms with Crippen molar-refractivity contribution in [3.05, 3.63) is 54.9 Å². The normalized spacial score (nSPS) is 11.3. The van der Waals surface area contributed by atoms with Crippen molar-refractivity contribution in [2.24, 2.45) is 4.99 Å². The first-order chi connectivity index (χ1) is 12.7. The van der Waals surface area contributed by atoms with Crippen LogP contribution in [0.5, 0.6) is 5.75 Å². The Kier molecular flexibility index (Phi) is 7.74. The Morgan fingerprint density at radius 1 is 1.35 bits per heavy atom. The molecule has 0 fully saturated rings. The number of hydrogen-bond donors (Lipinski definition) is 1. The molecule has 0 bridgehead atoms. The quantitative estimate of drug-likeness (QED) is 0.325. The standard InChI is InChI=1S/C20H29N5O/c1-5-7-8-14-24(3)20(21-6-2)22-16-17-13-15-25(23-17)18-9-11-19(26-4)12-10-18/h5,9-13,15H,1,6-8,14,16H2,2-4H3,(H,21,22). The molecule has 2 rings (SSSR count). The van der Waals surface area contributed by atoms with E-state index in [1.807, 2.05) is 47.3 Å². The molecule has 26 heavy (non-hydrogen) atoms. The molecule has 6 nitrogen and oxygen atoms in total. The molecule has 0 aliphatic rings. The summed E-state index contributed by atoms with van der Waals surface area (Å²) in [5, 5.41) is 7.94. The molecule has 0 spiro atoms. The molecular weight excluding hydrogens is 326 g/mol. The fourth-order valence-electron chi connectivity index (χ4n) is 2.53. The van der Waals surface area contributed by atoms with E-state index < -0.39 is 0 Å². The van der Waals surface area contributed by atoms with Gasteiger partial charge >= 0.3 is 0 Å². The number of guanidine groups is 1. The number of aliphatic imine (C=N–C) groups is 1. The molecule has 2 aromatic rings. The number of rotatable bonds is 9. The van der Waals surface area contributed by atoms with E-state index in [4.69, 9.17) is 9.73 Å². The third kappa shape index (κ3) is 5.65. The predicted molar refractivity (Wildman–Crippen MR) is 107 cm³/mol. The Morgan fingerprint density at radius 2 is 2.12 bits per heavy atom. The zero-order valence-corrected chi connectivity index (χ0v) is 16.0. The van der Waals surface area contributed by atoms with Gasteiger partial charge in [-0.3, -0.25) is 0 Å². The molecule has 0 radical (unpaired) electrons. The fraction of sp³-hybridized carbons (Fsp3) is 0.400. The lowest BCUT2D eigenvalue weighted by Crippen LogP contribution is -2.39. The van der Waals surface area contributed by atoms with Crippen LogP contribution in [-0.4, -0.2) is 47.9 Å². The number of nitrogens with one attached hydrogen (secondary N) is 1. The van der Waals surface area contributed by atoms with Crippen LogP contribution in [0.3, 0.4) is 0 Å². The van der Waals surface area contributed by atoms with Crippen molar-refractivity contribution in [1.29, 1.82) is 0 Å². The minimum Gasteiger partial charge on any atom is -0.497 e. The first-order valence-corrected chi connectivity index (χ1v) is 8.97. The molecule has 1 heterocycles.